The van der Waals surface area contributed by atoms with E-state index in [1.165, 1.54) is 7.11 Å². The van der Waals surface area contributed by atoms with Crippen LogP contribution in [0, 0.1) is 0 Å². The maximum Gasteiger partial charge on any atom is 0.407 e. The van der Waals surface area contributed by atoms with Gasteiger partial charge in [0.15, 0.2) is 0 Å². The van der Waals surface area contributed by atoms with Gasteiger partial charge in [-0.3, -0.25) is 4.79 Å². The number of ether oxygens (including phenoxy) is 3. The van der Waals surface area contributed by atoms with Crippen LogP contribution in [0.15, 0.2) is 54.6 Å². The molecule has 2 amide bonds. The summed E-state index contributed by atoms with van der Waals surface area (Å²) >= 11 is 0. The van der Waals surface area contributed by atoms with Crippen molar-refractivity contribution in [3.05, 3.63) is 65.7 Å². The number of amides is 2. The minimum atomic E-state index is -1.04. The monoisotopic (exact) mass is 572 g/mol. The molecule has 6 N–H and O–H groups in total. The zero-order valence-corrected chi connectivity index (χ0v) is 23.3. The summed E-state index contributed by atoms with van der Waals surface area (Å²) in [6.07, 6.45) is 2.18. The number of methoxy groups -OCH3 is 1. The van der Waals surface area contributed by atoms with Crippen LogP contribution in [0.25, 0.3) is 0 Å². The van der Waals surface area contributed by atoms with E-state index in [0.717, 1.165) is 11.1 Å². The lowest BCUT2D eigenvalue weighted by atomic mass is 10.1. The van der Waals surface area contributed by atoms with Crippen LogP contribution < -0.4 is 21.7 Å². The van der Waals surface area contributed by atoms with Gasteiger partial charge in [-0.25, -0.2) is 14.4 Å². The molecule has 0 bridgehead atoms. The van der Waals surface area contributed by atoms with E-state index in [-0.39, 0.29) is 13.2 Å². The summed E-state index contributed by atoms with van der Waals surface area (Å²) in [6.45, 7) is 0.978. The van der Waals surface area contributed by atoms with Crippen LogP contribution in [0.1, 0.15) is 49.7 Å². The molecule has 41 heavy (non-hydrogen) atoms. The number of benzene rings is 2. The van der Waals surface area contributed by atoms with Crippen molar-refractivity contribution in [2.75, 3.05) is 25.5 Å². The van der Waals surface area contributed by atoms with Gasteiger partial charge in [0, 0.05) is 18.8 Å². The zero-order chi connectivity index (χ0) is 29.9. The van der Waals surface area contributed by atoms with Crippen molar-refractivity contribution < 1.29 is 38.5 Å². The second-order valence-electron chi connectivity index (χ2n) is 9.35. The number of esters is 1. The number of anilines is 1. The van der Waals surface area contributed by atoms with Gasteiger partial charge in [-0.05, 0) is 61.8 Å². The maximum atomic E-state index is 12.3. The van der Waals surface area contributed by atoms with Crippen LogP contribution in [-0.4, -0.2) is 61.5 Å². The SMILES string of the molecule is COC(=O)[C@@H](CCCCNC(=O)OCc1ccccc1)Nc1cccc(COC(=O)NCCCC[C@@H](N)C(=O)O)c1. The van der Waals surface area contributed by atoms with Gasteiger partial charge in [0.05, 0.1) is 7.11 Å². The Bertz CT molecular complexity index is 1100. The smallest absolute Gasteiger partial charge is 0.407 e. The fourth-order valence-electron chi connectivity index (χ4n) is 3.78. The second-order valence-corrected chi connectivity index (χ2v) is 9.35. The normalized spacial score (nSPS) is 12.0. The molecule has 0 aliphatic carbocycles. The number of unbranched alkanes of at least 4 members (excludes halogenated alkanes) is 2. The summed E-state index contributed by atoms with van der Waals surface area (Å²) < 4.78 is 15.4. The van der Waals surface area contributed by atoms with E-state index in [2.05, 4.69) is 16.0 Å². The number of nitrogens with two attached hydrogens (primary N) is 1. The molecule has 0 spiro atoms. The number of rotatable bonds is 18. The lowest BCUT2D eigenvalue weighted by molar-refractivity contribution is -0.141. The molecule has 0 fully saturated rings. The maximum absolute atomic E-state index is 12.3. The number of aliphatic carboxylic acids is 1. The minimum absolute atomic E-state index is 0.0280. The molecule has 2 rings (SSSR count). The molecule has 0 saturated heterocycles. The van der Waals surface area contributed by atoms with Crippen molar-refractivity contribution in [3.63, 3.8) is 0 Å². The number of carboxylic acid groups (broad SMARTS) is 1. The summed E-state index contributed by atoms with van der Waals surface area (Å²) in [6, 6.07) is 15.0. The van der Waals surface area contributed by atoms with Gasteiger partial charge in [-0.1, -0.05) is 42.5 Å². The van der Waals surface area contributed by atoms with Crippen molar-refractivity contribution >= 4 is 29.8 Å². The first-order valence-corrected chi connectivity index (χ1v) is 13.6. The molecule has 0 unspecified atom stereocenters. The van der Waals surface area contributed by atoms with Crippen molar-refractivity contribution in [3.8, 4) is 0 Å². The topological polar surface area (TPSA) is 178 Å². The molecule has 0 aromatic heterocycles. The van der Waals surface area contributed by atoms with Gasteiger partial charge in [0.2, 0.25) is 0 Å². The molecule has 0 aliphatic heterocycles. The molecule has 224 valence electrons. The molecule has 2 aromatic carbocycles. The average molecular weight is 573 g/mol. The largest absolute Gasteiger partial charge is 0.480 e. The van der Waals surface area contributed by atoms with Gasteiger partial charge in [-0.15, -0.1) is 0 Å². The predicted molar refractivity (Wildman–Crippen MR) is 152 cm³/mol. The van der Waals surface area contributed by atoms with Gasteiger partial charge in [0.25, 0.3) is 0 Å². The zero-order valence-electron chi connectivity index (χ0n) is 23.3. The highest BCUT2D eigenvalue weighted by molar-refractivity contribution is 5.79. The highest BCUT2D eigenvalue weighted by Crippen LogP contribution is 2.16. The van der Waals surface area contributed by atoms with Crippen molar-refractivity contribution in [2.45, 2.75) is 63.8 Å². The Balaban J connectivity index is 1.69. The van der Waals surface area contributed by atoms with Crippen LogP contribution in [0.2, 0.25) is 0 Å². The number of carbonyl (C=O) groups is 4. The van der Waals surface area contributed by atoms with Crippen LogP contribution in [0.4, 0.5) is 15.3 Å². The number of carbonyl (C=O) groups excluding carboxylic acids is 3. The quantitative estimate of drug-likeness (QED) is 0.101. The highest BCUT2D eigenvalue weighted by Gasteiger charge is 2.19. The van der Waals surface area contributed by atoms with Gasteiger partial charge in [-0.2, -0.15) is 0 Å². The van der Waals surface area contributed by atoms with Crippen LogP contribution >= 0.6 is 0 Å². The first-order valence-electron chi connectivity index (χ1n) is 13.6. The van der Waals surface area contributed by atoms with Crippen molar-refractivity contribution in [2.24, 2.45) is 5.73 Å². The number of alkyl carbamates (subject to hydrolysis) is 2. The molecule has 0 aliphatic rings. The Morgan fingerprint density at radius 1 is 0.805 bits per heavy atom. The molecule has 0 heterocycles. The first kappa shape index (κ1) is 32.9. The van der Waals surface area contributed by atoms with E-state index in [4.69, 9.17) is 25.1 Å². The fourth-order valence-corrected chi connectivity index (χ4v) is 3.78. The standard InChI is InChI=1S/C29H40N4O8/c1-39-27(36)25(15-6-8-17-32-28(37)40-19-21-10-3-2-4-11-21)33-23-13-9-12-22(18-23)20-41-29(38)31-16-7-5-14-24(30)26(34)35/h2-4,9-13,18,24-25,33H,5-8,14-17,19-20,30H2,1H3,(H,31,38)(H,32,37)(H,34,35)/t24-,25-/m1/s1. The summed E-state index contributed by atoms with van der Waals surface area (Å²) in [7, 11) is 1.32. The highest BCUT2D eigenvalue weighted by atomic mass is 16.6. The molecular formula is C29H40N4O8. The third-order valence-electron chi connectivity index (χ3n) is 6.05. The lowest BCUT2D eigenvalue weighted by Gasteiger charge is -2.18. The second kappa shape index (κ2) is 18.9. The Labute approximate surface area is 239 Å². The molecule has 2 atom stereocenters. The van der Waals surface area contributed by atoms with E-state index < -0.39 is 36.2 Å². The van der Waals surface area contributed by atoms with E-state index in [0.29, 0.717) is 57.3 Å². The Morgan fingerprint density at radius 2 is 1.39 bits per heavy atom. The van der Waals surface area contributed by atoms with Gasteiger partial charge in [0.1, 0.15) is 25.3 Å². The average Bonchev–Trinajstić information content (AvgIpc) is 2.98. The summed E-state index contributed by atoms with van der Waals surface area (Å²) in [5.41, 5.74) is 7.74. The number of nitrogens with one attached hydrogen (secondary N) is 3. The molecular weight excluding hydrogens is 532 g/mol. The molecule has 12 nitrogen and oxygen atoms in total. The Kier molecular flexibility index (Phi) is 15.1. The molecule has 0 radical (unpaired) electrons. The van der Waals surface area contributed by atoms with E-state index in [1.807, 2.05) is 30.3 Å². The fraction of sp³-hybridized carbons (Fsp3) is 0.448. The van der Waals surface area contributed by atoms with Crippen LogP contribution in [0.5, 0.6) is 0 Å². The van der Waals surface area contributed by atoms with E-state index in [1.54, 1.807) is 24.3 Å². The third-order valence-corrected chi connectivity index (χ3v) is 6.05. The minimum Gasteiger partial charge on any atom is -0.480 e. The van der Waals surface area contributed by atoms with E-state index >= 15 is 0 Å². The van der Waals surface area contributed by atoms with Crippen LogP contribution in [0.3, 0.4) is 0 Å². The number of carboxylic acids is 1. The van der Waals surface area contributed by atoms with E-state index in [9.17, 15) is 19.2 Å². The van der Waals surface area contributed by atoms with Crippen LogP contribution in [-0.2, 0) is 37.0 Å². The van der Waals surface area contributed by atoms with Crippen molar-refractivity contribution in [1.82, 2.24) is 10.6 Å². The molecule has 2 aromatic rings. The van der Waals surface area contributed by atoms with Gasteiger partial charge >= 0.3 is 24.1 Å². The Hall–Kier alpha value is -4.32. The van der Waals surface area contributed by atoms with Gasteiger partial charge < -0.3 is 41.0 Å². The predicted octanol–water partition coefficient (Wildman–Crippen LogP) is 3.55. The summed E-state index contributed by atoms with van der Waals surface area (Å²) in [5.74, 6) is -1.45. The first-order chi connectivity index (χ1) is 19.8. The summed E-state index contributed by atoms with van der Waals surface area (Å²) in [4.78, 5) is 46.9. The van der Waals surface area contributed by atoms with Crippen molar-refractivity contribution in [1.29, 1.82) is 0 Å². The molecule has 0 saturated carbocycles. The summed E-state index contributed by atoms with van der Waals surface area (Å²) in [5, 5.41) is 17.3. The number of hydrogen-bond donors (Lipinski definition) is 5. The number of hydrogen-bond acceptors (Lipinski definition) is 9. The Morgan fingerprint density at radius 3 is 2.00 bits per heavy atom. The third kappa shape index (κ3) is 14.0. The molecule has 12 heteroatoms. The lowest BCUT2D eigenvalue weighted by Crippen LogP contribution is -2.31.